The minimum Gasteiger partial charge on any atom is -0.456 e. The van der Waals surface area contributed by atoms with Crippen LogP contribution in [0.2, 0.25) is 0 Å². The molecule has 0 spiro atoms. The van der Waals surface area contributed by atoms with E-state index in [0.717, 1.165) is 0 Å². The number of methoxy groups -OCH3 is 1. The highest BCUT2D eigenvalue weighted by molar-refractivity contribution is 5.39. The van der Waals surface area contributed by atoms with E-state index in [1.807, 2.05) is 0 Å². The fourth-order valence-corrected chi connectivity index (χ4v) is 3.25. The number of hydrogen-bond acceptors (Lipinski definition) is 9. The summed E-state index contributed by atoms with van der Waals surface area (Å²) in [6.07, 6.45) is -3.93. The first kappa shape index (κ1) is 21.5. The molecule has 0 aromatic carbocycles. The molecule has 0 saturated carbocycles. The maximum absolute atomic E-state index is 10.8. The molecule has 0 amide bonds. The van der Waals surface area contributed by atoms with E-state index in [-0.39, 0.29) is 26.4 Å². The summed E-state index contributed by atoms with van der Waals surface area (Å²) in [5.74, 6) is 0. The van der Waals surface area contributed by atoms with Gasteiger partial charge in [0.15, 0.2) is 5.60 Å². The van der Waals surface area contributed by atoms with Gasteiger partial charge in [-0.05, 0) is 20.8 Å². The highest BCUT2D eigenvalue weighted by Crippen LogP contribution is 2.37. The monoisotopic (exact) mass is 378 g/mol. The van der Waals surface area contributed by atoms with Gasteiger partial charge in [0.05, 0.1) is 38.6 Å². The van der Waals surface area contributed by atoms with Gasteiger partial charge >= 0.3 is 0 Å². The topological polar surface area (TPSA) is 113 Å². The second kappa shape index (κ2) is 9.41. The Balaban J connectivity index is 2.13. The van der Waals surface area contributed by atoms with E-state index >= 15 is 0 Å². The van der Waals surface area contributed by atoms with Crippen LogP contribution >= 0.6 is 0 Å². The van der Waals surface area contributed by atoms with Crippen molar-refractivity contribution in [3.8, 4) is 0 Å². The van der Waals surface area contributed by atoms with E-state index in [2.05, 4.69) is 0 Å². The predicted molar refractivity (Wildman–Crippen MR) is 88.7 cm³/mol. The van der Waals surface area contributed by atoms with Crippen LogP contribution in [0.5, 0.6) is 0 Å². The van der Waals surface area contributed by atoms with E-state index < -0.39 is 48.3 Å². The van der Waals surface area contributed by atoms with Crippen molar-refractivity contribution >= 4 is 6.47 Å². The lowest BCUT2D eigenvalue weighted by molar-refractivity contribution is -0.313. The molecule has 26 heavy (non-hydrogen) atoms. The molecule has 2 heterocycles. The molecule has 8 unspecified atom stereocenters. The molecular formula is C17H30O9. The van der Waals surface area contributed by atoms with Crippen molar-refractivity contribution in [2.75, 3.05) is 33.5 Å². The van der Waals surface area contributed by atoms with Crippen molar-refractivity contribution in [3.63, 3.8) is 0 Å². The molecular weight excluding hydrogens is 348 g/mol. The number of ether oxygens (including phenoxy) is 6. The average molecular weight is 378 g/mol. The standard InChI is InChI=1S/C17H30O9/c1-10(19)5-22-12-7-24-15(16-17(3,8-25-16)26-9-18)14(21-4)13(12)23-6-11(2)20/h9-16,19-20H,5-8H2,1-4H3. The Morgan fingerprint density at radius 2 is 1.81 bits per heavy atom. The Morgan fingerprint density at radius 1 is 1.15 bits per heavy atom. The summed E-state index contributed by atoms with van der Waals surface area (Å²) in [4.78, 5) is 10.8. The summed E-state index contributed by atoms with van der Waals surface area (Å²) in [5, 5.41) is 19.0. The van der Waals surface area contributed by atoms with Crippen LogP contribution in [0.4, 0.5) is 0 Å². The van der Waals surface area contributed by atoms with Crippen LogP contribution in [0.15, 0.2) is 0 Å². The molecule has 9 heteroatoms. The van der Waals surface area contributed by atoms with Gasteiger partial charge in [0, 0.05) is 7.11 Å². The van der Waals surface area contributed by atoms with Crippen molar-refractivity contribution < 1.29 is 43.4 Å². The van der Waals surface area contributed by atoms with Crippen LogP contribution in [0.3, 0.4) is 0 Å². The van der Waals surface area contributed by atoms with Gasteiger partial charge in [0.1, 0.15) is 30.5 Å². The number of carbonyl (C=O) groups is 1. The summed E-state index contributed by atoms with van der Waals surface area (Å²) >= 11 is 0. The molecule has 8 atom stereocenters. The minimum absolute atomic E-state index is 0.0966. The largest absolute Gasteiger partial charge is 0.456 e. The van der Waals surface area contributed by atoms with Crippen molar-refractivity contribution in [2.24, 2.45) is 0 Å². The number of aliphatic hydroxyl groups is 2. The smallest absolute Gasteiger partial charge is 0.293 e. The normalized spacial score (nSPS) is 39.7. The van der Waals surface area contributed by atoms with Crippen LogP contribution in [0, 0.1) is 0 Å². The second-order valence-corrected chi connectivity index (χ2v) is 7.12. The zero-order valence-corrected chi connectivity index (χ0v) is 15.7. The highest BCUT2D eigenvalue weighted by Gasteiger charge is 2.57. The Kier molecular flexibility index (Phi) is 7.77. The van der Waals surface area contributed by atoms with Crippen molar-refractivity contribution in [1.29, 1.82) is 0 Å². The van der Waals surface area contributed by atoms with Crippen molar-refractivity contribution in [1.82, 2.24) is 0 Å². The van der Waals surface area contributed by atoms with E-state index in [1.165, 1.54) is 7.11 Å². The molecule has 0 radical (unpaired) electrons. The second-order valence-electron chi connectivity index (χ2n) is 7.12. The number of aliphatic hydroxyl groups excluding tert-OH is 2. The van der Waals surface area contributed by atoms with Crippen LogP contribution in [-0.2, 0) is 33.2 Å². The Labute approximate surface area is 153 Å². The Morgan fingerprint density at radius 3 is 2.31 bits per heavy atom. The van der Waals surface area contributed by atoms with Crippen LogP contribution < -0.4 is 0 Å². The van der Waals surface area contributed by atoms with Crippen LogP contribution in [-0.4, -0.2) is 98.6 Å². The van der Waals surface area contributed by atoms with Gasteiger partial charge in [0.2, 0.25) is 0 Å². The molecule has 2 rings (SSSR count). The maximum atomic E-state index is 10.8. The lowest BCUT2D eigenvalue weighted by Crippen LogP contribution is -2.70. The van der Waals surface area contributed by atoms with Crippen molar-refractivity contribution in [2.45, 2.75) is 69.1 Å². The summed E-state index contributed by atoms with van der Waals surface area (Å²) in [7, 11) is 1.52. The van der Waals surface area contributed by atoms with Gasteiger partial charge in [-0.2, -0.15) is 0 Å². The summed E-state index contributed by atoms with van der Waals surface area (Å²) < 4.78 is 33.9. The molecule has 2 aliphatic heterocycles. The summed E-state index contributed by atoms with van der Waals surface area (Å²) in [5.41, 5.74) is -0.800. The molecule has 2 fully saturated rings. The zero-order chi connectivity index (χ0) is 19.3. The fraction of sp³-hybridized carbons (Fsp3) is 0.941. The van der Waals surface area contributed by atoms with E-state index in [9.17, 15) is 15.0 Å². The number of carbonyl (C=O) groups excluding carboxylic acids is 1. The molecule has 0 aliphatic carbocycles. The molecule has 9 nitrogen and oxygen atoms in total. The van der Waals surface area contributed by atoms with Gasteiger partial charge < -0.3 is 38.6 Å². The van der Waals surface area contributed by atoms with Crippen LogP contribution in [0.1, 0.15) is 20.8 Å². The summed E-state index contributed by atoms with van der Waals surface area (Å²) in [6, 6.07) is 0. The molecule has 0 aromatic heterocycles. The molecule has 0 bridgehead atoms. The lowest BCUT2D eigenvalue weighted by Gasteiger charge is -2.52. The van der Waals surface area contributed by atoms with Gasteiger partial charge in [-0.15, -0.1) is 0 Å². The van der Waals surface area contributed by atoms with E-state index in [1.54, 1.807) is 20.8 Å². The summed E-state index contributed by atoms with van der Waals surface area (Å²) in [6.45, 7) is 6.09. The third-order valence-electron chi connectivity index (χ3n) is 4.59. The Bertz CT molecular complexity index is 444. The quantitative estimate of drug-likeness (QED) is 0.475. The molecule has 2 aliphatic rings. The van der Waals surface area contributed by atoms with E-state index in [4.69, 9.17) is 28.4 Å². The predicted octanol–water partition coefficient (Wildman–Crippen LogP) is -0.737. The SMILES string of the molecule is COC1C(OCC(C)O)C(OCC(C)O)COC1C1OCC1(C)OC=O. The van der Waals surface area contributed by atoms with Gasteiger partial charge in [-0.1, -0.05) is 0 Å². The molecule has 2 N–H and O–H groups in total. The molecule has 152 valence electrons. The molecule has 0 aromatic rings. The van der Waals surface area contributed by atoms with E-state index in [0.29, 0.717) is 6.47 Å². The first-order chi connectivity index (χ1) is 12.3. The van der Waals surface area contributed by atoms with Gasteiger partial charge in [-0.25, -0.2) is 0 Å². The number of hydrogen-bond donors (Lipinski definition) is 2. The first-order valence-corrected chi connectivity index (χ1v) is 8.79. The Hall–Kier alpha value is -0.810. The minimum atomic E-state index is -0.800. The first-order valence-electron chi connectivity index (χ1n) is 8.79. The third-order valence-corrected chi connectivity index (χ3v) is 4.59. The van der Waals surface area contributed by atoms with Gasteiger partial charge in [0.25, 0.3) is 6.47 Å². The third kappa shape index (κ3) is 4.92. The maximum Gasteiger partial charge on any atom is 0.293 e. The number of rotatable bonds is 10. The lowest BCUT2D eigenvalue weighted by atomic mass is 9.84. The zero-order valence-electron chi connectivity index (χ0n) is 15.7. The average Bonchev–Trinajstić information content (AvgIpc) is 2.57. The highest BCUT2D eigenvalue weighted by atomic mass is 16.7. The van der Waals surface area contributed by atoms with Crippen molar-refractivity contribution in [3.05, 3.63) is 0 Å². The van der Waals surface area contributed by atoms with Crippen LogP contribution in [0.25, 0.3) is 0 Å². The molecule has 2 saturated heterocycles. The van der Waals surface area contributed by atoms with Gasteiger partial charge in [-0.3, -0.25) is 4.79 Å². The fourth-order valence-electron chi connectivity index (χ4n) is 3.25.